The standard InChI is InChI=1S/C13H14BrN3O2/c1-8(2)12-10(14)11(13(18)19-3)16-17(12)9-4-6-15-7-5-9/h4-8H,1-3H3. The highest BCUT2D eigenvalue weighted by molar-refractivity contribution is 9.10. The van der Waals surface area contributed by atoms with Crippen LogP contribution >= 0.6 is 15.9 Å². The third-order valence-corrected chi connectivity index (χ3v) is 3.48. The highest BCUT2D eigenvalue weighted by atomic mass is 79.9. The first kappa shape index (κ1) is 13.7. The van der Waals surface area contributed by atoms with Gasteiger partial charge in [-0.05, 0) is 34.0 Å². The third kappa shape index (κ3) is 2.53. The predicted molar refractivity (Wildman–Crippen MR) is 74.5 cm³/mol. The minimum Gasteiger partial charge on any atom is -0.464 e. The molecule has 0 saturated carbocycles. The van der Waals surface area contributed by atoms with E-state index in [0.717, 1.165) is 11.4 Å². The van der Waals surface area contributed by atoms with Gasteiger partial charge in [-0.2, -0.15) is 5.10 Å². The lowest BCUT2D eigenvalue weighted by molar-refractivity contribution is 0.0592. The van der Waals surface area contributed by atoms with Crippen molar-refractivity contribution in [3.8, 4) is 5.69 Å². The third-order valence-electron chi connectivity index (χ3n) is 2.69. The number of methoxy groups -OCH3 is 1. The molecule has 2 heterocycles. The van der Waals surface area contributed by atoms with Crippen LogP contribution in [-0.4, -0.2) is 27.8 Å². The second kappa shape index (κ2) is 5.52. The molecule has 2 aromatic heterocycles. The maximum Gasteiger partial charge on any atom is 0.359 e. The number of ether oxygens (including phenoxy) is 1. The lowest BCUT2D eigenvalue weighted by atomic mass is 10.1. The molecule has 0 fully saturated rings. The zero-order valence-electron chi connectivity index (χ0n) is 10.9. The number of pyridine rings is 1. The van der Waals surface area contributed by atoms with Gasteiger partial charge in [-0.1, -0.05) is 13.8 Å². The Morgan fingerprint density at radius 3 is 2.53 bits per heavy atom. The van der Waals surface area contributed by atoms with Gasteiger partial charge in [0.1, 0.15) is 0 Å². The van der Waals surface area contributed by atoms with Gasteiger partial charge < -0.3 is 4.74 Å². The number of aromatic nitrogens is 3. The summed E-state index contributed by atoms with van der Waals surface area (Å²) in [5.41, 5.74) is 2.06. The van der Waals surface area contributed by atoms with Gasteiger partial charge in [0.05, 0.1) is 23.0 Å². The summed E-state index contributed by atoms with van der Waals surface area (Å²) in [4.78, 5) is 15.7. The number of hydrogen-bond acceptors (Lipinski definition) is 4. The first-order valence-corrected chi connectivity index (χ1v) is 6.62. The van der Waals surface area contributed by atoms with Gasteiger partial charge in [-0.25, -0.2) is 9.48 Å². The van der Waals surface area contributed by atoms with Crippen molar-refractivity contribution in [2.75, 3.05) is 7.11 Å². The van der Waals surface area contributed by atoms with Crippen LogP contribution in [-0.2, 0) is 4.74 Å². The van der Waals surface area contributed by atoms with E-state index in [1.54, 1.807) is 17.1 Å². The molecule has 100 valence electrons. The zero-order valence-corrected chi connectivity index (χ0v) is 12.5. The van der Waals surface area contributed by atoms with Crippen molar-refractivity contribution in [1.82, 2.24) is 14.8 Å². The van der Waals surface area contributed by atoms with E-state index in [9.17, 15) is 4.79 Å². The van der Waals surface area contributed by atoms with E-state index >= 15 is 0 Å². The smallest absolute Gasteiger partial charge is 0.359 e. The van der Waals surface area contributed by atoms with Gasteiger partial charge in [0, 0.05) is 12.4 Å². The van der Waals surface area contributed by atoms with Crippen molar-refractivity contribution in [3.63, 3.8) is 0 Å². The Kier molecular flexibility index (Phi) is 3.99. The van der Waals surface area contributed by atoms with Gasteiger partial charge in [0.25, 0.3) is 0 Å². The van der Waals surface area contributed by atoms with E-state index in [1.165, 1.54) is 7.11 Å². The van der Waals surface area contributed by atoms with Gasteiger partial charge in [-0.15, -0.1) is 0 Å². The molecular weight excluding hydrogens is 310 g/mol. The number of esters is 1. The van der Waals surface area contributed by atoms with Crippen molar-refractivity contribution in [1.29, 1.82) is 0 Å². The van der Waals surface area contributed by atoms with Crippen LogP contribution in [0.2, 0.25) is 0 Å². The van der Waals surface area contributed by atoms with E-state index in [1.807, 2.05) is 26.0 Å². The van der Waals surface area contributed by atoms with Gasteiger partial charge in [-0.3, -0.25) is 4.98 Å². The predicted octanol–water partition coefficient (Wildman–Crippen LogP) is 2.94. The Morgan fingerprint density at radius 2 is 2.00 bits per heavy atom. The van der Waals surface area contributed by atoms with Crippen LogP contribution < -0.4 is 0 Å². The molecular formula is C13H14BrN3O2. The number of carbonyl (C=O) groups is 1. The van der Waals surface area contributed by atoms with E-state index < -0.39 is 5.97 Å². The average Bonchev–Trinajstić information content (AvgIpc) is 2.76. The number of carbonyl (C=O) groups excluding carboxylic acids is 1. The maximum atomic E-state index is 11.7. The molecule has 0 bridgehead atoms. The second-order valence-corrected chi connectivity index (χ2v) is 5.10. The second-order valence-electron chi connectivity index (χ2n) is 4.31. The molecule has 0 spiro atoms. The fourth-order valence-electron chi connectivity index (χ4n) is 1.82. The number of halogens is 1. The SMILES string of the molecule is COC(=O)c1nn(-c2ccncc2)c(C(C)C)c1Br. The maximum absolute atomic E-state index is 11.7. The van der Waals surface area contributed by atoms with Crippen LogP contribution in [0, 0.1) is 0 Å². The molecule has 0 aliphatic heterocycles. The molecule has 0 aliphatic rings. The molecule has 0 amide bonds. The first-order valence-electron chi connectivity index (χ1n) is 5.83. The molecule has 0 N–H and O–H groups in total. The summed E-state index contributed by atoms with van der Waals surface area (Å²) in [5, 5.41) is 4.34. The number of rotatable bonds is 3. The van der Waals surface area contributed by atoms with Crippen LogP contribution in [0.3, 0.4) is 0 Å². The fourth-order valence-corrected chi connectivity index (χ4v) is 2.69. The quantitative estimate of drug-likeness (QED) is 0.815. The Balaban J connectivity index is 2.64. The normalized spacial score (nSPS) is 10.8. The van der Waals surface area contributed by atoms with Crippen LogP contribution in [0.15, 0.2) is 29.0 Å². The topological polar surface area (TPSA) is 57.0 Å². The molecule has 0 aromatic carbocycles. The van der Waals surface area contributed by atoms with Crippen LogP contribution in [0.4, 0.5) is 0 Å². The molecule has 0 saturated heterocycles. The monoisotopic (exact) mass is 323 g/mol. The molecule has 5 nitrogen and oxygen atoms in total. The molecule has 19 heavy (non-hydrogen) atoms. The molecule has 0 aliphatic carbocycles. The van der Waals surface area contributed by atoms with Crippen molar-refractivity contribution in [3.05, 3.63) is 40.4 Å². The van der Waals surface area contributed by atoms with Gasteiger partial charge >= 0.3 is 5.97 Å². The minimum atomic E-state index is -0.457. The van der Waals surface area contributed by atoms with Crippen LogP contribution in [0.25, 0.3) is 5.69 Å². The highest BCUT2D eigenvalue weighted by Gasteiger charge is 2.24. The molecule has 2 rings (SSSR count). The van der Waals surface area contributed by atoms with E-state index in [2.05, 4.69) is 26.0 Å². The summed E-state index contributed by atoms with van der Waals surface area (Å²) in [7, 11) is 1.34. The molecule has 2 aromatic rings. The Bertz CT molecular complexity index is 593. The van der Waals surface area contributed by atoms with Crippen molar-refractivity contribution >= 4 is 21.9 Å². The van der Waals surface area contributed by atoms with E-state index in [4.69, 9.17) is 4.74 Å². The van der Waals surface area contributed by atoms with E-state index in [-0.39, 0.29) is 11.6 Å². The number of hydrogen-bond donors (Lipinski definition) is 0. The molecule has 0 radical (unpaired) electrons. The zero-order chi connectivity index (χ0) is 14.0. The molecule has 0 unspecified atom stereocenters. The van der Waals surface area contributed by atoms with Gasteiger partial charge in [0.15, 0.2) is 5.69 Å². The number of nitrogens with zero attached hydrogens (tertiary/aromatic N) is 3. The van der Waals surface area contributed by atoms with Crippen molar-refractivity contribution in [2.24, 2.45) is 0 Å². The summed E-state index contributed by atoms with van der Waals surface area (Å²) in [6.07, 6.45) is 3.37. The first-order chi connectivity index (χ1) is 9.06. The van der Waals surface area contributed by atoms with Crippen LogP contribution in [0.1, 0.15) is 35.9 Å². The Morgan fingerprint density at radius 1 is 1.37 bits per heavy atom. The fraction of sp³-hybridized carbons (Fsp3) is 0.308. The van der Waals surface area contributed by atoms with Crippen molar-refractivity contribution in [2.45, 2.75) is 19.8 Å². The summed E-state index contributed by atoms with van der Waals surface area (Å²) in [6.45, 7) is 4.08. The van der Waals surface area contributed by atoms with E-state index in [0.29, 0.717) is 4.47 Å². The van der Waals surface area contributed by atoms with Gasteiger partial charge in [0.2, 0.25) is 0 Å². The largest absolute Gasteiger partial charge is 0.464 e. The Hall–Kier alpha value is -1.69. The summed E-state index contributed by atoms with van der Waals surface area (Å²) < 4.78 is 7.16. The minimum absolute atomic E-state index is 0.202. The summed E-state index contributed by atoms with van der Waals surface area (Å²) in [6, 6.07) is 3.68. The molecule has 6 heteroatoms. The highest BCUT2D eigenvalue weighted by Crippen LogP contribution is 2.30. The lowest BCUT2D eigenvalue weighted by Crippen LogP contribution is -2.05. The van der Waals surface area contributed by atoms with Crippen LogP contribution in [0.5, 0.6) is 0 Å². The average molecular weight is 324 g/mol. The molecule has 0 atom stereocenters. The summed E-state index contributed by atoms with van der Waals surface area (Å²) >= 11 is 3.44. The Labute approximate surface area is 119 Å². The lowest BCUT2D eigenvalue weighted by Gasteiger charge is -2.10. The van der Waals surface area contributed by atoms with Crippen molar-refractivity contribution < 1.29 is 9.53 Å². The summed E-state index contributed by atoms with van der Waals surface area (Å²) in [5.74, 6) is -0.255.